The van der Waals surface area contributed by atoms with E-state index in [1.165, 1.54) is 6.42 Å². The molecule has 0 aliphatic carbocycles. The molecule has 2 heterocycles. The van der Waals surface area contributed by atoms with Gasteiger partial charge in [0.25, 0.3) is 0 Å². The van der Waals surface area contributed by atoms with Gasteiger partial charge in [0.1, 0.15) is 0 Å². The van der Waals surface area contributed by atoms with E-state index < -0.39 is 0 Å². The Morgan fingerprint density at radius 2 is 2.21 bits per heavy atom. The molecule has 0 radical (unpaired) electrons. The number of likely N-dealkylation sites (N-methyl/N-ethyl adjacent to an activating group) is 2. The van der Waals surface area contributed by atoms with Gasteiger partial charge < -0.3 is 19.9 Å². The van der Waals surface area contributed by atoms with Crippen LogP contribution in [-0.4, -0.2) is 74.7 Å². The molecule has 1 amide bonds. The number of hydrogen-bond donors (Lipinski definition) is 1. The topological polar surface area (TPSA) is 44.8 Å². The highest BCUT2D eigenvalue weighted by Crippen LogP contribution is 2.21. The first-order chi connectivity index (χ1) is 9.13. The van der Waals surface area contributed by atoms with Crippen LogP contribution in [0.25, 0.3) is 0 Å². The van der Waals surface area contributed by atoms with Crippen molar-refractivity contribution in [3.8, 4) is 0 Å². The summed E-state index contributed by atoms with van der Waals surface area (Å²) in [5.74, 6) is 0.274. The lowest BCUT2D eigenvalue weighted by molar-refractivity contribution is -0.138. The zero-order valence-corrected chi connectivity index (χ0v) is 12.4. The van der Waals surface area contributed by atoms with Crippen LogP contribution in [0.4, 0.5) is 0 Å². The fourth-order valence-electron chi connectivity index (χ4n) is 3.07. The molecule has 1 N–H and O–H groups in total. The molecular weight excluding hydrogens is 242 g/mol. The third-order valence-electron chi connectivity index (χ3n) is 4.30. The monoisotopic (exact) mass is 269 g/mol. The third kappa shape index (κ3) is 3.46. The van der Waals surface area contributed by atoms with Gasteiger partial charge in [-0.05, 0) is 33.5 Å². The molecule has 2 saturated heterocycles. The summed E-state index contributed by atoms with van der Waals surface area (Å²) < 4.78 is 5.49. The number of nitrogens with zero attached hydrogens (tertiary/aromatic N) is 2. The highest BCUT2D eigenvalue weighted by atomic mass is 16.5. The van der Waals surface area contributed by atoms with Gasteiger partial charge in [0, 0.05) is 25.2 Å². The normalized spacial score (nSPS) is 32.0. The maximum Gasteiger partial charge on any atom is 0.229 e. The quantitative estimate of drug-likeness (QED) is 0.790. The first-order valence-corrected chi connectivity index (χ1v) is 7.39. The van der Waals surface area contributed by atoms with Gasteiger partial charge in [-0.2, -0.15) is 0 Å². The van der Waals surface area contributed by atoms with Gasteiger partial charge in [0.2, 0.25) is 5.91 Å². The van der Waals surface area contributed by atoms with Crippen molar-refractivity contribution in [3.63, 3.8) is 0 Å². The maximum absolute atomic E-state index is 12.6. The predicted octanol–water partition coefficient (Wildman–Crippen LogP) is 0.164. The van der Waals surface area contributed by atoms with Gasteiger partial charge in [-0.25, -0.2) is 0 Å². The van der Waals surface area contributed by atoms with E-state index in [1.807, 2.05) is 4.90 Å². The van der Waals surface area contributed by atoms with Crippen LogP contribution in [0.2, 0.25) is 0 Å². The minimum absolute atomic E-state index is 0.000798. The Balaban J connectivity index is 1.94. The molecule has 0 aromatic carbocycles. The molecule has 0 spiro atoms. The molecule has 2 aliphatic rings. The van der Waals surface area contributed by atoms with E-state index in [-0.39, 0.29) is 17.9 Å². The molecule has 0 saturated carbocycles. The molecule has 3 atom stereocenters. The number of amides is 1. The van der Waals surface area contributed by atoms with E-state index in [1.54, 1.807) is 0 Å². The molecule has 3 unspecified atom stereocenters. The number of nitrogens with one attached hydrogen (secondary N) is 1. The molecule has 2 fully saturated rings. The van der Waals surface area contributed by atoms with E-state index in [2.05, 4.69) is 31.2 Å². The Bertz CT molecular complexity index is 309. The van der Waals surface area contributed by atoms with Crippen molar-refractivity contribution in [2.24, 2.45) is 5.92 Å². The Kier molecular flexibility index (Phi) is 5.19. The van der Waals surface area contributed by atoms with E-state index in [4.69, 9.17) is 4.74 Å². The van der Waals surface area contributed by atoms with Gasteiger partial charge in [0.05, 0.1) is 19.1 Å². The molecule has 0 bridgehead atoms. The zero-order valence-electron chi connectivity index (χ0n) is 12.4. The number of carbonyl (C=O) groups is 1. The van der Waals surface area contributed by atoms with Gasteiger partial charge in [0.15, 0.2) is 0 Å². The smallest absolute Gasteiger partial charge is 0.229 e. The molecule has 110 valence electrons. The van der Waals surface area contributed by atoms with Crippen LogP contribution < -0.4 is 5.32 Å². The summed E-state index contributed by atoms with van der Waals surface area (Å²) in [7, 11) is 4.19. The van der Waals surface area contributed by atoms with Crippen LogP contribution in [0.15, 0.2) is 0 Å². The summed E-state index contributed by atoms with van der Waals surface area (Å²) in [5, 5.41) is 3.37. The van der Waals surface area contributed by atoms with E-state index in [9.17, 15) is 4.79 Å². The summed E-state index contributed by atoms with van der Waals surface area (Å²) in [4.78, 5) is 16.9. The van der Waals surface area contributed by atoms with Crippen LogP contribution >= 0.6 is 0 Å². The van der Waals surface area contributed by atoms with Crippen molar-refractivity contribution in [3.05, 3.63) is 0 Å². The van der Waals surface area contributed by atoms with E-state index in [0.29, 0.717) is 19.3 Å². The first-order valence-electron chi connectivity index (χ1n) is 7.39. The minimum Gasteiger partial charge on any atom is -0.379 e. The lowest BCUT2D eigenvalue weighted by Gasteiger charge is -2.37. The molecule has 5 heteroatoms. The van der Waals surface area contributed by atoms with Gasteiger partial charge in [-0.15, -0.1) is 0 Å². The second kappa shape index (κ2) is 6.68. The molecule has 0 aromatic rings. The standard InChI is InChI=1S/C14H27N3O2/c1-4-15-13-10-19-9-12(13)14(18)17-7-5-6-11(8-17)16(2)3/h11-13,15H,4-10H2,1-3H3. The number of likely N-dealkylation sites (tertiary alicyclic amines) is 1. The van der Waals surface area contributed by atoms with Crippen molar-refractivity contribution in [1.82, 2.24) is 15.1 Å². The third-order valence-corrected chi connectivity index (χ3v) is 4.30. The van der Waals surface area contributed by atoms with Gasteiger partial charge in [-0.1, -0.05) is 6.92 Å². The van der Waals surface area contributed by atoms with Crippen molar-refractivity contribution in [2.45, 2.75) is 31.8 Å². The average molecular weight is 269 g/mol. The van der Waals surface area contributed by atoms with Crippen LogP contribution in [-0.2, 0) is 9.53 Å². The number of rotatable bonds is 4. The second-order valence-electron chi connectivity index (χ2n) is 5.85. The van der Waals surface area contributed by atoms with Gasteiger partial charge >= 0.3 is 0 Å². The zero-order chi connectivity index (χ0) is 13.8. The number of ether oxygens (including phenoxy) is 1. The Labute approximate surface area is 116 Å². The lowest BCUT2D eigenvalue weighted by atomic mass is 9.98. The van der Waals surface area contributed by atoms with Crippen molar-refractivity contribution in [1.29, 1.82) is 0 Å². The molecule has 2 aliphatic heterocycles. The minimum atomic E-state index is 0.000798. The van der Waals surface area contributed by atoms with Crippen LogP contribution in [0.1, 0.15) is 19.8 Å². The summed E-state index contributed by atoms with van der Waals surface area (Å²) >= 11 is 0. The second-order valence-corrected chi connectivity index (χ2v) is 5.85. The van der Waals surface area contributed by atoms with Crippen molar-refractivity contribution < 1.29 is 9.53 Å². The Morgan fingerprint density at radius 1 is 1.42 bits per heavy atom. The summed E-state index contributed by atoms with van der Waals surface area (Å²) in [5.41, 5.74) is 0. The molecule has 2 rings (SSSR count). The highest BCUT2D eigenvalue weighted by Gasteiger charge is 2.37. The molecular formula is C14H27N3O2. The predicted molar refractivity (Wildman–Crippen MR) is 75.1 cm³/mol. The molecule has 0 aromatic heterocycles. The summed E-state index contributed by atoms with van der Waals surface area (Å²) in [6, 6.07) is 0.690. The average Bonchev–Trinajstić information content (AvgIpc) is 2.86. The van der Waals surface area contributed by atoms with Crippen molar-refractivity contribution >= 4 is 5.91 Å². The fraction of sp³-hybridized carbons (Fsp3) is 0.929. The van der Waals surface area contributed by atoms with Crippen LogP contribution in [0.5, 0.6) is 0 Å². The Morgan fingerprint density at radius 3 is 2.89 bits per heavy atom. The number of hydrogen-bond acceptors (Lipinski definition) is 4. The lowest BCUT2D eigenvalue weighted by Crippen LogP contribution is -2.52. The SMILES string of the molecule is CCNC1COCC1C(=O)N1CCCC(N(C)C)C1. The van der Waals surface area contributed by atoms with Gasteiger partial charge in [-0.3, -0.25) is 4.79 Å². The summed E-state index contributed by atoms with van der Waals surface area (Å²) in [6.07, 6.45) is 2.29. The summed E-state index contributed by atoms with van der Waals surface area (Å²) in [6.45, 7) is 5.95. The number of piperidine rings is 1. The molecule has 19 heavy (non-hydrogen) atoms. The molecule has 5 nitrogen and oxygen atoms in total. The first kappa shape index (κ1) is 14.8. The number of carbonyl (C=O) groups excluding carboxylic acids is 1. The van der Waals surface area contributed by atoms with E-state index >= 15 is 0 Å². The fourth-order valence-corrected chi connectivity index (χ4v) is 3.07. The van der Waals surface area contributed by atoms with Crippen LogP contribution in [0, 0.1) is 5.92 Å². The highest BCUT2D eigenvalue weighted by molar-refractivity contribution is 5.80. The van der Waals surface area contributed by atoms with E-state index in [0.717, 1.165) is 26.1 Å². The largest absolute Gasteiger partial charge is 0.379 e. The maximum atomic E-state index is 12.6. The van der Waals surface area contributed by atoms with Crippen LogP contribution in [0.3, 0.4) is 0 Å². The van der Waals surface area contributed by atoms with Crippen molar-refractivity contribution in [2.75, 3.05) is 46.9 Å². The Hall–Kier alpha value is -0.650.